The van der Waals surface area contributed by atoms with Crippen molar-refractivity contribution in [2.45, 2.75) is 139 Å². The molecule has 2 aromatic carbocycles. The van der Waals surface area contributed by atoms with Crippen LogP contribution in [0.3, 0.4) is 0 Å². The van der Waals surface area contributed by atoms with Crippen molar-refractivity contribution < 1.29 is 78.0 Å². The Balaban J connectivity index is 1.75. The third kappa shape index (κ3) is 22.0. The number of unbranched alkanes of at least 4 members (excludes halogenated alkanes) is 1. The van der Waals surface area contributed by atoms with Crippen molar-refractivity contribution in [2.24, 2.45) is 11.5 Å². The first-order chi connectivity index (χ1) is 36.5. The smallest absolute Gasteiger partial charge is 0.326 e. The summed E-state index contributed by atoms with van der Waals surface area (Å²) in [7, 11) is 0. The fraction of sp³-hybridized carbons (Fsp3) is 0.520. The number of amides is 9. The van der Waals surface area contributed by atoms with Gasteiger partial charge in [-0.25, -0.2) is 4.79 Å². The lowest BCUT2D eigenvalue weighted by Crippen LogP contribution is -2.61. The minimum atomic E-state index is -1.63. The molecule has 16 N–H and O–H groups in total. The molecule has 9 atom stereocenters. The van der Waals surface area contributed by atoms with Crippen LogP contribution in [0.1, 0.15) is 82.8 Å². The molecular formula is C50H71N11O16. The van der Waals surface area contributed by atoms with Gasteiger partial charge in [-0.05, 0) is 76.5 Å². The van der Waals surface area contributed by atoms with E-state index in [0.717, 1.165) is 4.90 Å². The zero-order valence-electron chi connectivity index (χ0n) is 42.9. The summed E-state index contributed by atoms with van der Waals surface area (Å²) in [5.74, 6) is -12.1. The van der Waals surface area contributed by atoms with Crippen molar-refractivity contribution in [3.05, 3.63) is 71.8 Å². The van der Waals surface area contributed by atoms with Crippen LogP contribution < -0.4 is 54.0 Å². The number of hydrogen-bond acceptors (Lipinski definition) is 15. The molecule has 1 heterocycles. The second-order valence-electron chi connectivity index (χ2n) is 18.4. The summed E-state index contributed by atoms with van der Waals surface area (Å²) in [6, 6.07) is 5.26. The number of aliphatic hydroxyl groups is 1. The van der Waals surface area contributed by atoms with Crippen LogP contribution in [-0.4, -0.2) is 177 Å². The number of rotatable bonds is 33. The Morgan fingerprint density at radius 3 is 1.60 bits per heavy atom. The highest BCUT2D eigenvalue weighted by atomic mass is 16.4. The summed E-state index contributed by atoms with van der Waals surface area (Å²) in [4.78, 5) is 157. The first kappa shape index (κ1) is 63.3. The molecule has 1 fully saturated rings. The molecule has 0 radical (unpaired) electrons. The zero-order chi connectivity index (χ0) is 57.2. The molecule has 1 aliphatic heterocycles. The summed E-state index contributed by atoms with van der Waals surface area (Å²) in [6.45, 7) is 1.57. The lowest BCUT2D eigenvalue weighted by molar-refractivity contribution is -0.146. The highest BCUT2D eigenvalue weighted by Gasteiger charge is 2.41. The van der Waals surface area contributed by atoms with Gasteiger partial charge in [0.05, 0.1) is 19.2 Å². The van der Waals surface area contributed by atoms with Crippen molar-refractivity contribution in [3.8, 4) is 0 Å². The number of carboxylic acids is 3. The van der Waals surface area contributed by atoms with Gasteiger partial charge in [0.2, 0.25) is 53.2 Å². The van der Waals surface area contributed by atoms with Gasteiger partial charge < -0.3 is 79.3 Å². The Hall–Kier alpha value is -8.04. The van der Waals surface area contributed by atoms with Crippen LogP contribution >= 0.6 is 0 Å². The Kier molecular flexibility index (Phi) is 26.6. The van der Waals surface area contributed by atoms with Gasteiger partial charge in [0.25, 0.3) is 0 Å². The van der Waals surface area contributed by atoms with E-state index in [4.69, 9.17) is 11.5 Å². The predicted molar refractivity (Wildman–Crippen MR) is 272 cm³/mol. The standard InChI is InChI=1S/C50H71N11O16/c1-28(43(69)58-36(25-31-14-7-4-8-15-31)47(73)60-42(29(2)62)49(75)61-23-11-17-37(61)48(74)57-34(50(76)77)16-9-10-22-51)54-39(64)27-53-44(70)35(24-30-12-5-3-6-13-30)59-46(72)33(19-21-41(67)68)56-45(71)32(18-20-40(65)66)55-38(63)26-52/h3-8,12-15,28-29,32-37,42,62H,9-11,16-27,51-52H2,1-2H3,(H,53,70)(H,54,64)(H,55,63)(H,56,71)(H,57,74)(H,58,69)(H,59,72)(H,60,73)(H,65,66)(H,67,68)(H,76,77)/t28-,29+,32-,33-,34-,35-,36-,37-,42-/m0/s1. The molecule has 0 aromatic heterocycles. The summed E-state index contributed by atoms with van der Waals surface area (Å²) in [6.07, 6.45) is -2.40. The number of aliphatic carboxylic acids is 3. The van der Waals surface area contributed by atoms with E-state index in [1.807, 2.05) is 0 Å². The van der Waals surface area contributed by atoms with Crippen LogP contribution in [0.15, 0.2) is 60.7 Å². The van der Waals surface area contributed by atoms with Crippen molar-refractivity contribution in [1.82, 2.24) is 47.4 Å². The number of carbonyl (C=O) groups excluding carboxylic acids is 9. The number of hydrogen-bond donors (Lipinski definition) is 14. The second-order valence-corrected chi connectivity index (χ2v) is 18.4. The molecule has 0 saturated carbocycles. The van der Waals surface area contributed by atoms with E-state index in [-0.39, 0.29) is 32.2 Å². The van der Waals surface area contributed by atoms with Gasteiger partial charge in [-0.2, -0.15) is 0 Å². The van der Waals surface area contributed by atoms with E-state index in [1.54, 1.807) is 60.7 Å². The van der Waals surface area contributed by atoms with Crippen LogP contribution in [-0.2, 0) is 70.4 Å². The minimum Gasteiger partial charge on any atom is -0.481 e. The van der Waals surface area contributed by atoms with Crippen LogP contribution in [0, 0.1) is 0 Å². The van der Waals surface area contributed by atoms with Gasteiger partial charge in [0.15, 0.2) is 0 Å². The molecule has 422 valence electrons. The molecule has 27 heteroatoms. The van der Waals surface area contributed by atoms with Gasteiger partial charge in [0.1, 0.15) is 48.3 Å². The molecule has 9 amide bonds. The molecule has 0 spiro atoms. The van der Waals surface area contributed by atoms with Gasteiger partial charge >= 0.3 is 17.9 Å². The monoisotopic (exact) mass is 1080 g/mol. The van der Waals surface area contributed by atoms with E-state index in [0.29, 0.717) is 36.9 Å². The van der Waals surface area contributed by atoms with Crippen LogP contribution in [0.4, 0.5) is 0 Å². The number of nitrogens with two attached hydrogens (primary N) is 2. The topological polar surface area (TPSA) is 437 Å². The summed E-state index contributed by atoms with van der Waals surface area (Å²) >= 11 is 0. The number of aliphatic hydroxyl groups excluding tert-OH is 1. The van der Waals surface area contributed by atoms with E-state index < -0.39 is 164 Å². The second kappa shape index (κ2) is 32.4. The van der Waals surface area contributed by atoms with Gasteiger partial charge in [0, 0.05) is 32.2 Å². The fourth-order valence-electron chi connectivity index (χ4n) is 8.08. The van der Waals surface area contributed by atoms with Crippen LogP contribution in [0.5, 0.6) is 0 Å². The highest BCUT2D eigenvalue weighted by molar-refractivity contribution is 5.98. The average Bonchev–Trinajstić information content (AvgIpc) is 3.89. The molecule has 27 nitrogen and oxygen atoms in total. The van der Waals surface area contributed by atoms with Crippen molar-refractivity contribution >= 4 is 71.1 Å². The number of likely N-dealkylation sites (tertiary alicyclic amines) is 1. The van der Waals surface area contributed by atoms with Gasteiger partial charge in [-0.1, -0.05) is 60.7 Å². The zero-order valence-corrected chi connectivity index (χ0v) is 42.9. The molecule has 1 saturated heterocycles. The molecule has 77 heavy (non-hydrogen) atoms. The van der Waals surface area contributed by atoms with E-state index in [2.05, 4.69) is 42.5 Å². The maximum Gasteiger partial charge on any atom is 0.326 e. The Bertz CT molecular complexity index is 2380. The predicted octanol–water partition coefficient (Wildman–Crippen LogP) is -3.72. The van der Waals surface area contributed by atoms with Crippen molar-refractivity contribution in [2.75, 3.05) is 26.2 Å². The maximum absolute atomic E-state index is 14.0. The summed E-state index contributed by atoms with van der Waals surface area (Å²) < 4.78 is 0. The quantitative estimate of drug-likeness (QED) is 0.0306. The van der Waals surface area contributed by atoms with Gasteiger partial charge in [-0.3, -0.25) is 52.7 Å². The fourth-order valence-corrected chi connectivity index (χ4v) is 8.08. The first-order valence-electron chi connectivity index (χ1n) is 25.1. The van der Waals surface area contributed by atoms with E-state index in [9.17, 15) is 78.0 Å². The van der Waals surface area contributed by atoms with Gasteiger partial charge in [-0.15, -0.1) is 0 Å². The highest BCUT2D eigenvalue weighted by Crippen LogP contribution is 2.20. The molecule has 1 aliphatic rings. The molecule has 0 unspecified atom stereocenters. The number of nitrogens with zero attached hydrogens (tertiary/aromatic N) is 1. The lowest BCUT2D eigenvalue weighted by atomic mass is 10.0. The molecule has 0 aliphatic carbocycles. The third-order valence-corrected chi connectivity index (χ3v) is 12.2. The Morgan fingerprint density at radius 1 is 0.584 bits per heavy atom. The van der Waals surface area contributed by atoms with Crippen LogP contribution in [0.25, 0.3) is 0 Å². The van der Waals surface area contributed by atoms with Crippen LogP contribution in [0.2, 0.25) is 0 Å². The summed E-state index contributed by atoms with van der Waals surface area (Å²) in [5.41, 5.74) is 11.9. The first-order valence-corrected chi connectivity index (χ1v) is 25.1. The maximum atomic E-state index is 14.0. The Labute approximate surface area is 443 Å². The van der Waals surface area contributed by atoms with E-state index >= 15 is 0 Å². The lowest BCUT2D eigenvalue weighted by Gasteiger charge is -2.31. The van der Waals surface area contributed by atoms with E-state index in [1.165, 1.54) is 13.8 Å². The number of carbonyl (C=O) groups is 12. The molecule has 0 bridgehead atoms. The largest absolute Gasteiger partial charge is 0.481 e. The average molecular weight is 1080 g/mol. The third-order valence-electron chi connectivity index (χ3n) is 12.2. The SMILES string of the molecule is C[C@H](NC(=O)CNC(=O)[C@H](Cc1ccccc1)NC(=O)[C@H](CCC(=O)O)NC(=O)[C@H](CCC(=O)O)NC(=O)CN)C(=O)N[C@@H](Cc1ccccc1)C(=O)N[C@H](C(=O)N1CCC[C@H]1C(=O)N[C@@H](CCCCN)C(=O)O)[C@@H](C)O. The molecule has 3 rings (SSSR count). The number of nitrogens with one attached hydrogen (secondary N) is 8. The molecular weight excluding hydrogens is 1010 g/mol. The normalized spacial score (nSPS) is 16.0. The van der Waals surface area contributed by atoms with Crippen molar-refractivity contribution in [1.29, 1.82) is 0 Å². The number of carboxylic acid groups (broad SMARTS) is 3. The van der Waals surface area contributed by atoms with Crippen molar-refractivity contribution in [3.63, 3.8) is 0 Å². The molecule has 2 aromatic rings. The minimum absolute atomic E-state index is 0.0537. The Morgan fingerprint density at radius 2 is 1.09 bits per heavy atom. The summed E-state index contributed by atoms with van der Waals surface area (Å²) in [5, 5.41) is 58.4. The number of benzene rings is 2.